The van der Waals surface area contributed by atoms with Crippen molar-refractivity contribution in [2.45, 2.75) is 0 Å². The summed E-state index contributed by atoms with van der Waals surface area (Å²) in [4.78, 5) is 0. The Kier molecular flexibility index (Phi) is 3.87. The molecule has 0 saturated heterocycles. The van der Waals surface area contributed by atoms with E-state index in [0.717, 1.165) is 16.9 Å². The van der Waals surface area contributed by atoms with Crippen molar-refractivity contribution in [3.63, 3.8) is 0 Å². The van der Waals surface area contributed by atoms with Crippen LogP contribution in [0.4, 0.5) is 0 Å². The lowest BCUT2D eigenvalue weighted by molar-refractivity contribution is 2.40. The number of thiol groups is 4. The van der Waals surface area contributed by atoms with Gasteiger partial charge < -0.3 is 0 Å². The van der Waals surface area contributed by atoms with Crippen molar-refractivity contribution in [1.29, 1.82) is 0 Å². The number of thioether (sulfide) groups is 2. The molecule has 0 atom stereocenters. The number of rotatable bonds is 0. The molecule has 56 valence electrons. The molecule has 6 heteroatoms. The molecule has 0 fully saturated rings. The van der Waals surface area contributed by atoms with Crippen molar-refractivity contribution in [3.8, 4) is 0 Å². The minimum atomic E-state index is 0.727. The summed E-state index contributed by atoms with van der Waals surface area (Å²) in [6.07, 6.45) is 0. The van der Waals surface area contributed by atoms with Crippen LogP contribution in [0.5, 0.6) is 0 Å². The molecule has 10 heavy (non-hydrogen) atoms. The topological polar surface area (TPSA) is 0 Å². The fourth-order valence-electron chi connectivity index (χ4n) is 0.375. The molecule has 1 aliphatic heterocycles. The standard InChI is InChI=1S/C4H4S6/c5-1(6)4-9-2(7)3(8)10-4/h5-8H. The SMILES string of the molecule is SC(S)=C1SC(S)=C(S)S1. The molecule has 0 aromatic rings. The van der Waals surface area contributed by atoms with Crippen molar-refractivity contribution < 1.29 is 0 Å². The third-order valence-electron chi connectivity index (χ3n) is 0.744. The molecule has 0 radical (unpaired) electrons. The van der Waals surface area contributed by atoms with Gasteiger partial charge in [0.15, 0.2) is 0 Å². The summed E-state index contributed by atoms with van der Waals surface area (Å²) >= 11 is 19.6. The van der Waals surface area contributed by atoms with Crippen molar-refractivity contribution in [2.75, 3.05) is 0 Å². The first-order valence-corrected chi connectivity index (χ1v) is 5.63. The van der Waals surface area contributed by atoms with Crippen LogP contribution in [0.3, 0.4) is 0 Å². The summed E-state index contributed by atoms with van der Waals surface area (Å²) in [5, 5.41) is 0. The predicted octanol–water partition coefficient (Wildman–Crippen LogP) is 3.44. The molecule has 1 aliphatic rings. The van der Waals surface area contributed by atoms with Gasteiger partial charge >= 0.3 is 0 Å². The van der Waals surface area contributed by atoms with Crippen LogP contribution >= 0.6 is 74.0 Å². The molecule has 0 unspecified atom stereocenters. The highest BCUT2D eigenvalue weighted by atomic mass is 32.2. The molecule has 1 rings (SSSR count). The van der Waals surface area contributed by atoms with E-state index in [1.54, 1.807) is 0 Å². The Bertz CT molecular complexity index is 194. The molecule has 0 aromatic heterocycles. The van der Waals surface area contributed by atoms with Crippen molar-refractivity contribution in [3.05, 3.63) is 16.9 Å². The van der Waals surface area contributed by atoms with Gasteiger partial charge in [0.05, 0.1) is 16.9 Å². The van der Waals surface area contributed by atoms with E-state index < -0.39 is 0 Å². The van der Waals surface area contributed by atoms with E-state index in [1.165, 1.54) is 23.5 Å². The molecule has 0 aliphatic carbocycles. The lowest BCUT2D eigenvalue weighted by Crippen LogP contribution is -1.59. The highest BCUT2D eigenvalue weighted by Crippen LogP contribution is 2.54. The second kappa shape index (κ2) is 4.00. The summed E-state index contributed by atoms with van der Waals surface area (Å²) in [5.41, 5.74) is 0. The maximum absolute atomic E-state index is 4.18. The molecule has 0 bridgehead atoms. The van der Waals surface area contributed by atoms with Crippen LogP contribution in [-0.4, -0.2) is 0 Å². The van der Waals surface area contributed by atoms with Crippen LogP contribution < -0.4 is 0 Å². The van der Waals surface area contributed by atoms with Crippen LogP contribution in [0.1, 0.15) is 0 Å². The van der Waals surface area contributed by atoms with E-state index in [-0.39, 0.29) is 0 Å². The van der Waals surface area contributed by atoms with Gasteiger partial charge in [0.25, 0.3) is 0 Å². The zero-order valence-electron chi connectivity index (χ0n) is 4.61. The van der Waals surface area contributed by atoms with Crippen LogP contribution in [-0.2, 0) is 0 Å². The van der Waals surface area contributed by atoms with E-state index in [1.807, 2.05) is 0 Å². The summed E-state index contributed by atoms with van der Waals surface area (Å²) in [6, 6.07) is 0. The Balaban J connectivity index is 2.78. The average Bonchev–Trinajstić information content (AvgIpc) is 2.13. The Morgan fingerprint density at radius 1 is 1.00 bits per heavy atom. The number of hydrogen-bond donors (Lipinski definition) is 4. The first kappa shape index (κ1) is 9.67. The van der Waals surface area contributed by atoms with Gasteiger partial charge in [-0.3, -0.25) is 0 Å². The van der Waals surface area contributed by atoms with Gasteiger partial charge in [-0.1, -0.05) is 23.5 Å². The Hall–Kier alpha value is 1.58. The number of hydrogen-bond acceptors (Lipinski definition) is 6. The lowest BCUT2D eigenvalue weighted by Gasteiger charge is -1.93. The van der Waals surface area contributed by atoms with E-state index in [9.17, 15) is 0 Å². The normalized spacial score (nSPS) is 18.6. The third-order valence-corrected chi connectivity index (χ3v) is 5.47. The van der Waals surface area contributed by atoms with Gasteiger partial charge in [-0.25, -0.2) is 0 Å². The molecule has 0 N–H and O–H groups in total. The van der Waals surface area contributed by atoms with Gasteiger partial charge in [0.2, 0.25) is 0 Å². The Morgan fingerprint density at radius 3 is 1.60 bits per heavy atom. The maximum Gasteiger partial charge on any atom is 0.0705 e. The van der Waals surface area contributed by atoms with Crippen LogP contribution in [0.15, 0.2) is 16.9 Å². The zero-order valence-corrected chi connectivity index (χ0v) is 9.82. The van der Waals surface area contributed by atoms with Crippen molar-refractivity contribution >= 4 is 74.0 Å². The summed E-state index contributed by atoms with van der Waals surface area (Å²) in [7, 11) is 0. The van der Waals surface area contributed by atoms with Crippen molar-refractivity contribution in [1.82, 2.24) is 0 Å². The maximum atomic E-state index is 4.18. The second-order valence-electron chi connectivity index (χ2n) is 1.43. The smallest absolute Gasteiger partial charge is 0.0705 e. The first-order valence-electron chi connectivity index (χ1n) is 2.21. The average molecular weight is 244 g/mol. The first-order chi connectivity index (χ1) is 4.61. The van der Waals surface area contributed by atoms with Crippen LogP contribution in [0.2, 0.25) is 0 Å². The Labute approximate surface area is 90.3 Å². The van der Waals surface area contributed by atoms with Gasteiger partial charge in [0, 0.05) is 0 Å². The van der Waals surface area contributed by atoms with E-state index in [2.05, 4.69) is 50.5 Å². The van der Waals surface area contributed by atoms with Gasteiger partial charge in [-0.2, -0.15) is 0 Å². The molecule has 0 nitrogen and oxygen atoms in total. The predicted molar refractivity (Wildman–Crippen MR) is 65.2 cm³/mol. The molecule has 0 spiro atoms. The van der Waals surface area contributed by atoms with Crippen molar-refractivity contribution in [2.24, 2.45) is 0 Å². The minimum absolute atomic E-state index is 0.727. The van der Waals surface area contributed by atoms with Gasteiger partial charge in [0.1, 0.15) is 0 Å². The van der Waals surface area contributed by atoms with Crippen LogP contribution in [0.25, 0.3) is 0 Å². The summed E-state index contributed by atoms with van der Waals surface area (Å²) < 4.78 is 3.61. The summed E-state index contributed by atoms with van der Waals surface area (Å²) in [6.45, 7) is 0. The fraction of sp³-hybridized carbons (Fsp3) is 0. The fourth-order valence-corrected chi connectivity index (χ4v) is 3.74. The largest absolute Gasteiger partial charge is 0.135 e. The Morgan fingerprint density at radius 2 is 1.40 bits per heavy atom. The second-order valence-corrected chi connectivity index (χ2v) is 6.47. The highest BCUT2D eigenvalue weighted by molar-refractivity contribution is 8.38. The monoisotopic (exact) mass is 244 g/mol. The van der Waals surface area contributed by atoms with Gasteiger partial charge in [-0.15, -0.1) is 50.5 Å². The zero-order chi connectivity index (χ0) is 7.72. The highest BCUT2D eigenvalue weighted by Gasteiger charge is 2.17. The molecule has 1 heterocycles. The van der Waals surface area contributed by atoms with Crippen LogP contribution in [0, 0.1) is 0 Å². The molecule has 0 aromatic carbocycles. The summed E-state index contributed by atoms with van der Waals surface area (Å²) in [5.74, 6) is 0. The molecular formula is C4H4S6. The van der Waals surface area contributed by atoms with E-state index in [0.29, 0.717) is 0 Å². The molecule has 0 saturated carbocycles. The third kappa shape index (κ3) is 2.28. The lowest BCUT2D eigenvalue weighted by atomic mass is 11.2. The van der Waals surface area contributed by atoms with E-state index in [4.69, 9.17) is 0 Å². The molecule has 0 amide bonds. The van der Waals surface area contributed by atoms with Gasteiger partial charge in [-0.05, 0) is 0 Å². The van der Waals surface area contributed by atoms with E-state index >= 15 is 0 Å². The minimum Gasteiger partial charge on any atom is -0.135 e. The quantitative estimate of drug-likeness (QED) is 0.482. The molecular weight excluding hydrogens is 240 g/mol.